The molecule has 158 valence electrons. The fourth-order valence-electron chi connectivity index (χ4n) is 3.91. The summed E-state index contributed by atoms with van der Waals surface area (Å²) in [6, 6.07) is 14.3. The third kappa shape index (κ3) is 4.29. The molecule has 2 aromatic heterocycles. The number of nitrogens with one attached hydrogen (secondary N) is 3. The first-order valence-electron chi connectivity index (χ1n) is 10.5. The maximum absolute atomic E-state index is 4.61. The number of hydrogen-bond donors (Lipinski definition) is 3. The number of anilines is 5. The summed E-state index contributed by atoms with van der Waals surface area (Å²) in [7, 11) is 2.18. The van der Waals surface area contributed by atoms with Crippen molar-refractivity contribution in [3.05, 3.63) is 60.6 Å². The van der Waals surface area contributed by atoms with Gasteiger partial charge >= 0.3 is 0 Å². The summed E-state index contributed by atoms with van der Waals surface area (Å²) in [4.78, 5) is 21.2. The Morgan fingerprint density at radius 3 is 2.55 bits per heavy atom. The third-order valence-corrected chi connectivity index (χ3v) is 5.65. The molecule has 1 saturated heterocycles. The summed E-state index contributed by atoms with van der Waals surface area (Å²) in [6.45, 7) is 6.47. The smallest absolute Gasteiger partial charge is 0.229 e. The number of likely N-dealkylation sites (N-methyl/N-ethyl adjacent to an activating group) is 1. The Hall–Kier alpha value is -3.65. The number of fused-ring (bicyclic) bond motifs is 1. The fourth-order valence-corrected chi connectivity index (χ4v) is 3.91. The molecule has 0 unspecified atom stereocenters. The molecular weight excluding hydrogens is 388 g/mol. The zero-order valence-electron chi connectivity index (χ0n) is 17.8. The summed E-state index contributed by atoms with van der Waals surface area (Å²) < 4.78 is 0. The molecule has 0 aliphatic carbocycles. The van der Waals surface area contributed by atoms with Crippen molar-refractivity contribution < 1.29 is 0 Å². The van der Waals surface area contributed by atoms with E-state index in [1.807, 2.05) is 24.3 Å². The number of benzene rings is 2. The average Bonchev–Trinajstić information content (AvgIpc) is 3.23. The molecule has 0 radical (unpaired) electrons. The van der Waals surface area contributed by atoms with Crippen molar-refractivity contribution in [2.45, 2.75) is 6.92 Å². The van der Waals surface area contributed by atoms with Gasteiger partial charge in [0.25, 0.3) is 0 Å². The summed E-state index contributed by atoms with van der Waals surface area (Å²) in [5.41, 5.74) is 6.38. The van der Waals surface area contributed by atoms with Gasteiger partial charge in [-0.15, -0.1) is 0 Å². The Morgan fingerprint density at radius 2 is 1.71 bits per heavy atom. The Balaban J connectivity index is 1.29. The quantitative estimate of drug-likeness (QED) is 0.457. The highest BCUT2D eigenvalue weighted by Gasteiger charge is 2.16. The highest BCUT2D eigenvalue weighted by atomic mass is 15.2. The highest BCUT2D eigenvalue weighted by Crippen LogP contribution is 2.26. The number of imidazole rings is 1. The Bertz CT molecular complexity index is 1190. The number of aryl methyl sites for hydroxylation is 1. The molecular formula is C23H26N8. The van der Waals surface area contributed by atoms with Gasteiger partial charge in [0.1, 0.15) is 5.82 Å². The van der Waals surface area contributed by atoms with Crippen molar-refractivity contribution in [2.75, 3.05) is 48.8 Å². The Morgan fingerprint density at radius 1 is 0.903 bits per heavy atom. The number of hydrogen-bond acceptors (Lipinski definition) is 7. The standard InChI is InChI=1S/C23H26N8/c1-16-13-17(4-6-21(16)31-11-9-30(2)10-12-31)28-23-24-8-7-22(29-23)27-18-3-5-19-20(14-18)26-15-25-19/h3-8,13-15H,9-12H2,1-2H3,(H,25,26)(H2,24,27,28,29). The average molecular weight is 415 g/mol. The third-order valence-electron chi connectivity index (χ3n) is 5.65. The van der Waals surface area contributed by atoms with Gasteiger partial charge < -0.3 is 25.4 Å². The first kappa shape index (κ1) is 19.3. The molecule has 1 aliphatic heterocycles. The van der Waals surface area contributed by atoms with Crippen LogP contribution in [0.15, 0.2) is 55.0 Å². The predicted octanol–water partition coefficient (Wildman–Crippen LogP) is 3.90. The van der Waals surface area contributed by atoms with E-state index in [0.717, 1.165) is 54.4 Å². The lowest BCUT2D eigenvalue weighted by Crippen LogP contribution is -2.44. The maximum Gasteiger partial charge on any atom is 0.229 e. The van der Waals surface area contributed by atoms with E-state index in [1.165, 1.54) is 11.3 Å². The predicted molar refractivity (Wildman–Crippen MR) is 126 cm³/mol. The van der Waals surface area contributed by atoms with Crippen LogP contribution in [0.3, 0.4) is 0 Å². The van der Waals surface area contributed by atoms with Gasteiger partial charge in [-0.1, -0.05) is 0 Å². The normalized spacial score (nSPS) is 14.7. The molecule has 8 heteroatoms. The largest absolute Gasteiger partial charge is 0.369 e. The zero-order chi connectivity index (χ0) is 21.2. The molecule has 0 atom stereocenters. The van der Waals surface area contributed by atoms with Crippen molar-refractivity contribution in [2.24, 2.45) is 0 Å². The lowest BCUT2D eigenvalue weighted by Gasteiger charge is -2.35. The van der Waals surface area contributed by atoms with Gasteiger partial charge in [0.15, 0.2) is 0 Å². The van der Waals surface area contributed by atoms with E-state index in [1.54, 1.807) is 12.5 Å². The van der Waals surface area contributed by atoms with Crippen LogP contribution in [0.4, 0.5) is 28.8 Å². The first-order valence-corrected chi connectivity index (χ1v) is 10.5. The lowest BCUT2D eigenvalue weighted by atomic mass is 10.1. The van der Waals surface area contributed by atoms with E-state index in [2.05, 4.69) is 72.5 Å². The lowest BCUT2D eigenvalue weighted by molar-refractivity contribution is 0.312. The van der Waals surface area contributed by atoms with Crippen LogP contribution in [0.1, 0.15) is 5.56 Å². The second kappa shape index (κ2) is 8.23. The van der Waals surface area contributed by atoms with Crippen molar-refractivity contribution in [3.8, 4) is 0 Å². The molecule has 2 aromatic carbocycles. The van der Waals surface area contributed by atoms with Crippen LogP contribution in [-0.2, 0) is 0 Å². The minimum absolute atomic E-state index is 0.555. The molecule has 3 N–H and O–H groups in total. The molecule has 1 fully saturated rings. The van der Waals surface area contributed by atoms with Crippen LogP contribution in [-0.4, -0.2) is 58.1 Å². The summed E-state index contributed by atoms with van der Waals surface area (Å²) in [6.07, 6.45) is 3.44. The minimum atomic E-state index is 0.555. The van der Waals surface area contributed by atoms with Crippen LogP contribution >= 0.6 is 0 Å². The number of aromatic nitrogens is 4. The Labute approximate surface area is 181 Å². The van der Waals surface area contributed by atoms with E-state index in [9.17, 15) is 0 Å². The molecule has 0 bridgehead atoms. The van der Waals surface area contributed by atoms with Crippen molar-refractivity contribution in [1.82, 2.24) is 24.8 Å². The van der Waals surface area contributed by atoms with Gasteiger partial charge in [-0.25, -0.2) is 9.97 Å². The second-order valence-corrected chi connectivity index (χ2v) is 7.94. The SMILES string of the molecule is Cc1cc(Nc2nccc(Nc3ccc4nc[nH]c4c3)n2)ccc1N1CCN(C)CC1. The van der Waals surface area contributed by atoms with E-state index in [4.69, 9.17) is 0 Å². The number of piperazine rings is 1. The van der Waals surface area contributed by atoms with E-state index >= 15 is 0 Å². The first-order chi connectivity index (χ1) is 15.1. The van der Waals surface area contributed by atoms with Gasteiger partial charge in [-0.3, -0.25) is 0 Å². The molecule has 0 amide bonds. The number of H-pyrrole nitrogens is 1. The molecule has 3 heterocycles. The molecule has 5 rings (SSSR count). The number of aromatic amines is 1. The van der Waals surface area contributed by atoms with Gasteiger partial charge in [-0.2, -0.15) is 4.98 Å². The van der Waals surface area contributed by atoms with Gasteiger partial charge in [0.05, 0.1) is 17.4 Å². The summed E-state index contributed by atoms with van der Waals surface area (Å²) in [5.74, 6) is 1.28. The van der Waals surface area contributed by atoms with Gasteiger partial charge in [0.2, 0.25) is 5.95 Å². The monoisotopic (exact) mass is 414 g/mol. The van der Waals surface area contributed by atoms with Crippen LogP contribution in [0.5, 0.6) is 0 Å². The maximum atomic E-state index is 4.61. The number of nitrogens with zero attached hydrogens (tertiary/aromatic N) is 5. The Kier molecular flexibility index (Phi) is 5.13. The molecule has 1 aliphatic rings. The minimum Gasteiger partial charge on any atom is -0.369 e. The topological polar surface area (TPSA) is 85.0 Å². The van der Waals surface area contributed by atoms with Crippen LogP contribution < -0.4 is 15.5 Å². The fraction of sp³-hybridized carbons (Fsp3) is 0.261. The molecule has 31 heavy (non-hydrogen) atoms. The summed E-state index contributed by atoms with van der Waals surface area (Å²) >= 11 is 0. The van der Waals surface area contributed by atoms with Gasteiger partial charge in [-0.05, 0) is 62.0 Å². The van der Waals surface area contributed by atoms with Crippen LogP contribution in [0.2, 0.25) is 0 Å². The van der Waals surface area contributed by atoms with Crippen molar-refractivity contribution in [3.63, 3.8) is 0 Å². The molecule has 0 saturated carbocycles. The van der Waals surface area contributed by atoms with E-state index in [0.29, 0.717) is 5.95 Å². The van der Waals surface area contributed by atoms with Crippen LogP contribution in [0.25, 0.3) is 11.0 Å². The zero-order valence-corrected chi connectivity index (χ0v) is 17.8. The molecule has 4 aromatic rings. The number of rotatable bonds is 5. The van der Waals surface area contributed by atoms with E-state index in [-0.39, 0.29) is 0 Å². The second-order valence-electron chi connectivity index (χ2n) is 7.94. The highest BCUT2D eigenvalue weighted by molar-refractivity contribution is 5.80. The van der Waals surface area contributed by atoms with E-state index < -0.39 is 0 Å². The summed E-state index contributed by atoms with van der Waals surface area (Å²) in [5, 5.41) is 6.66. The molecule has 0 spiro atoms. The van der Waals surface area contributed by atoms with Gasteiger partial charge in [0, 0.05) is 49.4 Å². The van der Waals surface area contributed by atoms with Crippen molar-refractivity contribution >= 4 is 39.9 Å². The molecule has 8 nitrogen and oxygen atoms in total. The van der Waals surface area contributed by atoms with Crippen LogP contribution in [0, 0.1) is 6.92 Å². The van der Waals surface area contributed by atoms with Crippen molar-refractivity contribution in [1.29, 1.82) is 0 Å².